The molecule has 1 aliphatic rings. The maximum absolute atomic E-state index is 15.7. The number of aromatic amines is 1. The van der Waals surface area contributed by atoms with Crippen molar-refractivity contribution in [3.63, 3.8) is 0 Å². The minimum atomic E-state index is -0.341. The Morgan fingerprint density at radius 3 is 2.38 bits per heavy atom. The molecule has 0 radical (unpaired) electrons. The number of H-pyrrole nitrogens is 1. The second kappa shape index (κ2) is 10.7. The molecule has 0 atom stereocenters. The number of nitriles is 1. The van der Waals surface area contributed by atoms with Gasteiger partial charge < -0.3 is 24.3 Å². The number of ether oxygens (including phenoxy) is 2. The number of hydrogen-bond acceptors (Lipinski definition) is 5. The molecule has 1 aromatic heterocycles. The van der Waals surface area contributed by atoms with Crippen LogP contribution >= 0.6 is 0 Å². The number of hydrogen-bond donors (Lipinski definition) is 1. The number of nitrogens with one attached hydrogen (secondary N) is 1. The minimum Gasteiger partial charge on any atom is -0.496 e. The highest BCUT2D eigenvalue weighted by molar-refractivity contribution is 6.04. The lowest BCUT2D eigenvalue weighted by molar-refractivity contribution is 0.0741. The fourth-order valence-electron chi connectivity index (χ4n) is 5.23. The molecule has 1 saturated heterocycles. The van der Waals surface area contributed by atoms with E-state index >= 15 is 4.39 Å². The number of rotatable bonds is 6. The van der Waals surface area contributed by atoms with Gasteiger partial charge in [0.05, 0.1) is 37.1 Å². The lowest BCUT2D eigenvalue weighted by Gasteiger charge is -2.36. The van der Waals surface area contributed by atoms with Gasteiger partial charge in [-0.1, -0.05) is 32.0 Å². The van der Waals surface area contributed by atoms with Gasteiger partial charge in [-0.3, -0.25) is 4.79 Å². The molecule has 0 bridgehead atoms. The van der Waals surface area contributed by atoms with E-state index in [9.17, 15) is 10.1 Å². The molecule has 202 valence electrons. The zero-order valence-corrected chi connectivity index (χ0v) is 22.5. The van der Waals surface area contributed by atoms with Crippen molar-refractivity contribution in [2.45, 2.75) is 19.8 Å². The van der Waals surface area contributed by atoms with Crippen molar-refractivity contribution in [1.82, 2.24) is 9.88 Å². The van der Waals surface area contributed by atoms with Crippen LogP contribution in [0.1, 0.15) is 42.8 Å². The van der Waals surface area contributed by atoms with Gasteiger partial charge in [0.15, 0.2) is 5.82 Å². The third kappa shape index (κ3) is 4.76. The fourth-order valence-corrected chi connectivity index (χ4v) is 5.23. The molecule has 4 aromatic rings. The second-order valence-corrected chi connectivity index (χ2v) is 9.93. The predicted molar refractivity (Wildman–Crippen MR) is 152 cm³/mol. The topological polar surface area (TPSA) is 81.6 Å². The summed E-state index contributed by atoms with van der Waals surface area (Å²) < 4.78 is 26.8. The molecule has 3 aromatic carbocycles. The van der Waals surface area contributed by atoms with Crippen molar-refractivity contribution in [3.8, 4) is 28.7 Å². The molecule has 0 saturated carbocycles. The summed E-state index contributed by atoms with van der Waals surface area (Å²) in [6, 6.07) is 18.7. The number of carbonyl (C=O) groups excluding carboxylic acids is 1. The number of amides is 1. The van der Waals surface area contributed by atoms with Crippen LogP contribution in [0.3, 0.4) is 0 Å². The molecule has 0 aliphatic carbocycles. The van der Waals surface area contributed by atoms with Gasteiger partial charge in [-0.05, 0) is 53.4 Å². The highest BCUT2D eigenvalue weighted by Crippen LogP contribution is 2.39. The van der Waals surface area contributed by atoms with Crippen LogP contribution in [0.5, 0.6) is 11.5 Å². The summed E-state index contributed by atoms with van der Waals surface area (Å²) in [7, 11) is 3.21. The molecule has 2 heterocycles. The average Bonchev–Trinajstić information content (AvgIpc) is 3.43. The van der Waals surface area contributed by atoms with Crippen molar-refractivity contribution in [1.29, 1.82) is 5.26 Å². The standard InChI is InChI=1S/C31H31FN4O3.H2/c1-19(2)22-16-23(21-7-5-6-8-27(21)38-3)24-17-25(34-30(24)29(22)32)31(37)36-13-11-35(12-14-36)26-15-20(18-33)9-10-28(26)39-4;/h5-10,15-17,19,34H,11-14H2,1-4H3;1H. The van der Waals surface area contributed by atoms with E-state index in [1.54, 1.807) is 37.3 Å². The SMILES string of the molecule is COc1ccccc1-c1cc(C(C)C)c(F)c2[nH]c(C(=O)N3CCN(c4cc(C#N)ccc4OC)CC3)cc12.[HH]. The maximum atomic E-state index is 15.7. The molecular weight excluding hydrogens is 495 g/mol. The molecule has 0 spiro atoms. The average molecular weight is 529 g/mol. The molecule has 7 nitrogen and oxygen atoms in total. The zero-order valence-electron chi connectivity index (χ0n) is 22.5. The minimum absolute atomic E-state index is 0. The third-order valence-corrected chi connectivity index (χ3v) is 7.35. The highest BCUT2D eigenvalue weighted by atomic mass is 19.1. The van der Waals surface area contributed by atoms with Gasteiger partial charge in [-0.25, -0.2) is 4.39 Å². The molecule has 8 heteroatoms. The summed E-state index contributed by atoms with van der Waals surface area (Å²) in [6.07, 6.45) is 0. The number of carbonyl (C=O) groups is 1. The fraction of sp³-hybridized carbons (Fsp3) is 0.290. The van der Waals surface area contributed by atoms with E-state index in [0.29, 0.717) is 65.4 Å². The summed E-state index contributed by atoms with van der Waals surface area (Å²) >= 11 is 0. The first-order valence-corrected chi connectivity index (χ1v) is 13.0. The van der Waals surface area contributed by atoms with E-state index in [1.807, 2.05) is 50.2 Å². The van der Waals surface area contributed by atoms with E-state index in [-0.39, 0.29) is 19.1 Å². The Labute approximate surface area is 228 Å². The molecule has 1 amide bonds. The van der Waals surface area contributed by atoms with E-state index in [0.717, 1.165) is 16.8 Å². The van der Waals surface area contributed by atoms with Crippen molar-refractivity contribution >= 4 is 22.5 Å². The van der Waals surface area contributed by atoms with Gasteiger partial charge in [0, 0.05) is 38.6 Å². The number of aromatic nitrogens is 1. The normalized spacial score (nSPS) is 13.6. The first-order chi connectivity index (χ1) is 18.9. The Hall–Kier alpha value is -4.51. The van der Waals surface area contributed by atoms with Crippen LogP contribution in [-0.2, 0) is 0 Å². The number of anilines is 1. The summed E-state index contributed by atoms with van der Waals surface area (Å²) in [5, 5.41) is 9.95. The summed E-state index contributed by atoms with van der Waals surface area (Å²) in [5.74, 6) is 0.799. The van der Waals surface area contributed by atoms with Gasteiger partial charge in [-0.2, -0.15) is 5.26 Å². The van der Waals surface area contributed by atoms with Gasteiger partial charge >= 0.3 is 0 Å². The second-order valence-electron chi connectivity index (χ2n) is 9.93. The molecule has 39 heavy (non-hydrogen) atoms. The Morgan fingerprint density at radius 1 is 1.00 bits per heavy atom. The quantitative estimate of drug-likeness (QED) is 0.323. The summed E-state index contributed by atoms with van der Waals surface area (Å²) in [4.78, 5) is 20.6. The van der Waals surface area contributed by atoms with Crippen molar-refractivity contribution in [2.75, 3.05) is 45.3 Å². The first kappa shape index (κ1) is 26.1. The Balaban J connectivity index is 0.00000370. The van der Waals surface area contributed by atoms with Gasteiger partial charge in [-0.15, -0.1) is 0 Å². The van der Waals surface area contributed by atoms with Gasteiger partial charge in [0.2, 0.25) is 0 Å². The lowest BCUT2D eigenvalue weighted by atomic mass is 9.93. The van der Waals surface area contributed by atoms with E-state index < -0.39 is 0 Å². The summed E-state index contributed by atoms with van der Waals surface area (Å²) in [6.45, 7) is 6.02. The number of fused-ring (bicyclic) bond motifs is 1. The van der Waals surface area contributed by atoms with Crippen LogP contribution < -0.4 is 14.4 Å². The van der Waals surface area contributed by atoms with Crippen LogP contribution in [0, 0.1) is 17.1 Å². The predicted octanol–water partition coefficient (Wildman–Crippen LogP) is 6.19. The Bertz CT molecular complexity index is 1590. The Morgan fingerprint density at radius 2 is 1.72 bits per heavy atom. The number of para-hydroxylation sites is 1. The molecular formula is C31H33FN4O3. The van der Waals surface area contributed by atoms with Crippen molar-refractivity contribution < 1.29 is 20.1 Å². The van der Waals surface area contributed by atoms with Crippen LogP contribution in [-0.4, -0.2) is 56.2 Å². The van der Waals surface area contributed by atoms with Gasteiger partial charge in [0.25, 0.3) is 5.91 Å². The van der Waals surface area contributed by atoms with Crippen LogP contribution in [0.2, 0.25) is 0 Å². The monoisotopic (exact) mass is 528 g/mol. The number of methoxy groups -OCH3 is 2. The molecule has 1 aliphatic heterocycles. The lowest BCUT2D eigenvalue weighted by Crippen LogP contribution is -2.49. The number of nitrogens with zero attached hydrogens (tertiary/aromatic N) is 3. The molecule has 1 fully saturated rings. The van der Waals surface area contributed by atoms with Gasteiger partial charge in [0.1, 0.15) is 17.2 Å². The summed E-state index contributed by atoms with van der Waals surface area (Å²) in [5.41, 5.74) is 4.28. The van der Waals surface area contributed by atoms with E-state index in [2.05, 4.69) is 16.0 Å². The third-order valence-electron chi connectivity index (χ3n) is 7.35. The van der Waals surface area contributed by atoms with Crippen LogP contribution in [0.15, 0.2) is 54.6 Å². The molecule has 5 rings (SSSR count). The van der Waals surface area contributed by atoms with Crippen molar-refractivity contribution in [3.05, 3.63) is 77.2 Å². The first-order valence-electron chi connectivity index (χ1n) is 13.0. The number of benzene rings is 3. The van der Waals surface area contributed by atoms with E-state index in [1.165, 1.54) is 0 Å². The van der Waals surface area contributed by atoms with Crippen LogP contribution in [0.4, 0.5) is 10.1 Å². The van der Waals surface area contributed by atoms with Crippen molar-refractivity contribution in [2.24, 2.45) is 0 Å². The van der Waals surface area contributed by atoms with Crippen LogP contribution in [0.25, 0.3) is 22.0 Å². The van der Waals surface area contributed by atoms with E-state index in [4.69, 9.17) is 9.47 Å². The molecule has 0 unspecified atom stereocenters. The number of piperazine rings is 1. The largest absolute Gasteiger partial charge is 0.496 e. The molecule has 1 N–H and O–H groups in total. The zero-order chi connectivity index (χ0) is 27.7. The Kier molecular flexibility index (Phi) is 7.16. The number of halogens is 1. The highest BCUT2D eigenvalue weighted by Gasteiger charge is 2.27. The smallest absolute Gasteiger partial charge is 0.270 e. The maximum Gasteiger partial charge on any atom is 0.270 e.